The van der Waals surface area contributed by atoms with Gasteiger partial charge in [-0.1, -0.05) is 41.4 Å². The number of carbonyl (C=O) groups is 2. The van der Waals surface area contributed by atoms with Gasteiger partial charge in [-0.2, -0.15) is 0 Å². The number of anilines is 1. The van der Waals surface area contributed by atoms with Gasteiger partial charge >= 0.3 is 5.97 Å². The number of pyridine rings is 1. The van der Waals surface area contributed by atoms with E-state index in [0.29, 0.717) is 5.69 Å². The molecule has 0 radical (unpaired) electrons. The average Bonchev–Trinajstić information content (AvgIpc) is 2.47. The van der Waals surface area contributed by atoms with Crippen LogP contribution in [-0.2, 0) is 4.79 Å². The third-order valence-electron chi connectivity index (χ3n) is 2.62. The zero-order valence-electron chi connectivity index (χ0n) is 10.7. The number of amides is 1. The Morgan fingerprint density at radius 3 is 2.38 bits per heavy atom. The Morgan fingerprint density at radius 2 is 1.76 bits per heavy atom. The Bertz CT molecular complexity index is 677. The van der Waals surface area contributed by atoms with Gasteiger partial charge in [0.05, 0.1) is 5.02 Å². The number of aromatic nitrogens is 1. The molecule has 0 saturated carbocycles. The van der Waals surface area contributed by atoms with E-state index in [1.165, 1.54) is 12.1 Å². The molecule has 0 spiro atoms. The number of halogens is 2. The number of carbonyl (C=O) groups excluding carboxylic acids is 1. The molecule has 108 valence electrons. The van der Waals surface area contributed by atoms with Gasteiger partial charge in [-0.15, -0.1) is 0 Å². The first-order valence-electron chi connectivity index (χ1n) is 5.90. The zero-order chi connectivity index (χ0) is 15.4. The summed E-state index contributed by atoms with van der Waals surface area (Å²) in [5.41, 5.74) is 0.344. The number of rotatable bonds is 4. The zero-order valence-corrected chi connectivity index (χ0v) is 12.2. The lowest BCUT2D eigenvalue weighted by atomic mass is 10.2. The first-order valence-corrected chi connectivity index (χ1v) is 6.65. The summed E-state index contributed by atoms with van der Waals surface area (Å²) < 4.78 is 0. The maximum absolute atomic E-state index is 12.5. The van der Waals surface area contributed by atoms with Crippen LogP contribution in [0, 0.1) is 0 Å². The molecule has 2 aromatic rings. The van der Waals surface area contributed by atoms with Gasteiger partial charge < -0.3 is 5.11 Å². The molecule has 1 N–H and O–H groups in total. The third-order valence-corrected chi connectivity index (χ3v) is 3.14. The number of hydrogen-bond donors (Lipinski definition) is 1. The minimum Gasteiger partial charge on any atom is -0.480 e. The van der Waals surface area contributed by atoms with Crippen molar-refractivity contribution < 1.29 is 14.7 Å². The second-order valence-corrected chi connectivity index (χ2v) is 4.88. The molecule has 21 heavy (non-hydrogen) atoms. The molecule has 0 fully saturated rings. The molecule has 1 aromatic carbocycles. The van der Waals surface area contributed by atoms with E-state index in [0.717, 1.165) is 4.90 Å². The molecular weight excluding hydrogens is 315 g/mol. The summed E-state index contributed by atoms with van der Waals surface area (Å²) in [5, 5.41) is 9.20. The molecule has 0 bridgehead atoms. The monoisotopic (exact) mass is 324 g/mol. The number of benzene rings is 1. The predicted octanol–water partition coefficient (Wildman–Crippen LogP) is 3.12. The van der Waals surface area contributed by atoms with Gasteiger partial charge in [-0.3, -0.25) is 14.5 Å². The van der Waals surface area contributed by atoms with Crippen molar-refractivity contribution >= 4 is 40.8 Å². The van der Waals surface area contributed by atoms with Gasteiger partial charge in [-0.05, 0) is 24.3 Å². The highest BCUT2D eigenvalue weighted by Gasteiger charge is 2.23. The van der Waals surface area contributed by atoms with E-state index >= 15 is 0 Å². The lowest BCUT2D eigenvalue weighted by Crippen LogP contribution is -2.36. The van der Waals surface area contributed by atoms with Gasteiger partial charge in [0.2, 0.25) is 0 Å². The number of nitrogens with zero attached hydrogens (tertiary/aromatic N) is 2. The van der Waals surface area contributed by atoms with Gasteiger partial charge in [0.15, 0.2) is 0 Å². The third kappa shape index (κ3) is 3.71. The van der Waals surface area contributed by atoms with Crippen molar-refractivity contribution in [2.24, 2.45) is 0 Å². The number of hydrogen-bond acceptors (Lipinski definition) is 3. The molecule has 7 heteroatoms. The topological polar surface area (TPSA) is 70.5 Å². The maximum Gasteiger partial charge on any atom is 0.323 e. The summed E-state index contributed by atoms with van der Waals surface area (Å²) in [6.07, 6.45) is 0. The number of para-hydroxylation sites is 1. The van der Waals surface area contributed by atoms with E-state index in [2.05, 4.69) is 4.98 Å². The quantitative estimate of drug-likeness (QED) is 0.877. The summed E-state index contributed by atoms with van der Waals surface area (Å²) in [5.74, 6) is -1.78. The summed E-state index contributed by atoms with van der Waals surface area (Å²) in [6.45, 7) is -0.507. The molecule has 5 nitrogen and oxygen atoms in total. The fourth-order valence-electron chi connectivity index (χ4n) is 1.72. The molecule has 0 saturated heterocycles. The number of carboxylic acids is 1. The number of aliphatic carboxylic acids is 1. The van der Waals surface area contributed by atoms with Crippen LogP contribution in [0.2, 0.25) is 10.2 Å². The van der Waals surface area contributed by atoms with E-state index < -0.39 is 18.4 Å². The Kier molecular flexibility index (Phi) is 4.77. The first kappa shape index (κ1) is 15.3. The summed E-state index contributed by atoms with van der Waals surface area (Å²) >= 11 is 11.7. The lowest BCUT2D eigenvalue weighted by molar-refractivity contribution is -0.135. The minimum absolute atomic E-state index is 0.0886. The Labute approximate surface area is 130 Å². The van der Waals surface area contributed by atoms with Crippen LogP contribution >= 0.6 is 23.2 Å². The smallest absolute Gasteiger partial charge is 0.323 e. The van der Waals surface area contributed by atoms with Crippen molar-refractivity contribution in [2.75, 3.05) is 11.4 Å². The molecule has 0 atom stereocenters. The Morgan fingerprint density at radius 1 is 1.10 bits per heavy atom. The van der Waals surface area contributed by atoms with Crippen LogP contribution in [0.25, 0.3) is 0 Å². The van der Waals surface area contributed by atoms with E-state index in [-0.39, 0.29) is 15.9 Å². The molecule has 1 heterocycles. The van der Waals surface area contributed by atoms with E-state index in [1.807, 2.05) is 0 Å². The molecule has 1 amide bonds. The summed E-state index contributed by atoms with van der Waals surface area (Å²) in [7, 11) is 0. The van der Waals surface area contributed by atoms with Crippen molar-refractivity contribution in [3.05, 3.63) is 58.3 Å². The fraction of sp³-hybridized carbons (Fsp3) is 0.0714. The highest BCUT2D eigenvalue weighted by atomic mass is 35.5. The highest BCUT2D eigenvalue weighted by Crippen LogP contribution is 2.22. The van der Waals surface area contributed by atoms with Crippen LogP contribution in [0.15, 0.2) is 42.5 Å². The van der Waals surface area contributed by atoms with Crippen molar-refractivity contribution in [3.8, 4) is 0 Å². The standard InChI is InChI=1S/C14H10Cl2N2O3/c15-10-6-7-11(16)17-13(10)14(21)18(8-12(19)20)9-4-2-1-3-5-9/h1-7H,8H2,(H,19,20). The SMILES string of the molecule is O=C(O)CN(C(=O)c1nc(Cl)ccc1Cl)c1ccccc1. The summed E-state index contributed by atoms with van der Waals surface area (Å²) in [4.78, 5) is 28.5. The molecule has 1 aromatic heterocycles. The maximum atomic E-state index is 12.5. The highest BCUT2D eigenvalue weighted by molar-refractivity contribution is 6.35. The normalized spacial score (nSPS) is 10.2. The summed E-state index contributed by atoms with van der Waals surface area (Å²) in [6, 6.07) is 11.3. The molecule has 2 rings (SSSR count). The van der Waals surface area contributed by atoms with Crippen molar-refractivity contribution in [1.82, 2.24) is 4.98 Å². The van der Waals surface area contributed by atoms with E-state index in [4.69, 9.17) is 28.3 Å². The lowest BCUT2D eigenvalue weighted by Gasteiger charge is -2.20. The first-order chi connectivity index (χ1) is 9.99. The minimum atomic E-state index is -1.15. The second-order valence-electron chi connectivity index (χ2n) is 4.08. The number of carboxylic acid groups (broad SMARTS) is 1. The molecule has 0 unspecified atom stereocenters. The van der Waals surface area contributed by atoms with E-state index in [1.54, 1.807) is 30.3 Å². The van der Waals surface area contributed by atoms with Crippen LogP contribution in [0.5, 0.6) is 0 Å². The van der Waals surface area contributed by atoms with Gasteiger partial charge in [0, 0.05) is 5.69 Å². The molecular formula is C14H10Cl2N2O3. The fourth-order valence-corrected chi connectivity index (χ4v) is 2.05. The molecule has 0 aliphatic carbocycles. The largest absolute Gasteiger partial charge is 0.480 e. The van der Waals surface area contributed by atoms with Crippen LogP contribution < -0.4 is 4.90 Å². The predicted molar refractivity (Wildman–Crippen MR) is 80.0 cm³/mol. The van der Waals surface area contributed by atoms with Crippen LogP contribution in [0.4, 0.5) is 5.69 Å². The molecule has 0 aliphatic rings. The van der Waals surface area contributed by atoms with Gasteiger partial charge in [0.1, 0.15) is 17.4 Å². The van der Waals surface area contributed by atoms with Crippen molar-refractivity contribution in [2.45, 2.75) is 0 Å². The van der Waals surface area contributed by atoms with E-state index in [9.17, 15) is 9.59 Å². The van der Waals surface area contributed by atoms with Crippen LogP contribution in [0.1, 0.15) is 10.5 Å². The Hall–Kier alpha value is -2.11. The van der Waals surface area contributed by atoms with Crippen molar-refractivity contribution in [3.63, 3.8) is 0 Å². The van der Waals surface area contributed by atoms with Gasteiger partial charge in [-0.25, -0.2) is 4.98 Å². The Balaban J connectivity index is 2.43. The van der Waals surface area contributed by atoms with Crippen LogP contribution in [-0.4, -0.2) is 28.5 Å². The van der Waals surface area contributed by atoms with Crippen molar-refractivity contribution in [1.29, 1.82) is 0 Å². The second kappa shape index (κ2) is 6.56. The molecule has 0 aliphatic heterocycles. The average molecular weight is 325 g/mol. The van der Waals surface area contributed by atoms with Gasteiger partial charge in [0.25, 0.3) is 5.91 Å². The van der Waals surface area contributed by atoms with Crippen LogP contribution in [0.3, 0.4) is 0 Å².